The van der Waals surface area contributed by atoms with Crippen LogP contribution in [-0.2, 0) is 11.2 Å². The average Bonchev–Trinajstić information content (AvgIpc) is 2.80. The minimum atomic E-state index is -0.237. The molecule has 1 unspecified atom stereocenters. The van der Waals surface area contributed by atoms with E-state index in [1.165, 1.54) is 0 Å². The van der Waals surface area contributed by atoms with Crippen molar-refractivity contribution in [2.45, 2.75) is 38.8 Å². The molecule has 1 aromatic carbocycles. The molecule has 1 fully saturated rings. The number of morpholine rings is 1. The van der Waals surface area contributed by atoms with Gasteiger partial charge in [0.1, 0.15) is 5.82 Å². The summed E-state index contributed by atoms with van der Waals surface area (Å²) in [5.41, 5.74) is 3.58. The Kier molecular flexibility index (Phi) is 6.83. The second kappa shape index (κ2) is 9.94. The van der Waals surface area contributed by atoms with Gasteiger partial charge in [-0.1, -0.05) is 0 Å². The number of carbonyl (C=O) groups excluding carboxylic acids is 1. The first kappa shape index (κ1) is 22.0. The third-order valence-corrected chi connectivity index (χ3v) is 5.79. The molecule has 2 aliphatic heterocycles. The van der Waals surface area contributed by atoms with Crippen molar-refractivity contribution in [2.75, 3.05) is 43.1 Å². The summed E-state index contributed by atoms with van der Waals surface area (Å²) in [6, 6.07) is 9.64. The van der Waals surface area contributed by atoms with E-state index >= 15 is 0 Å². The Morgan fingerprint density at radius 1 is 1.34 bits per heavy atom. The SMILES string of the molecule is CCNC(=O)Nc1ccc(-c2nc3c(c(N4CCOC[C@@H]4C)n2)CCNC3CC#N)cc1. The van der Waals surface area contributed by atoms with Gasteiger partial charge in [0.25, 0.3) is 0 Å². The van der Waals surface area contributed by atoms with Crippen molar-refractivity contribution < 1.29 is 9.53 Å². The summed E-state index contributed by atoms with van der Waals surface area (Å²) < 4.78 is 5.63. The first-order chi connectivity index (χ1) is 15.6. The Morgan fingerprint density at radius 3 is 2.88 bits per heavy atom. The summed E-state index contributed by atoms with van der Waals surface area (Å²) in [7, 11) is 0. The number of aromatic nitrogens is 2. The van der Waals surface area contributed by atoms with Gasteiger partial charge in [0, 0.05) is 36.4 Å². The molecule has 32 heavy (non-hydrogen) atoms. The van der Waals surface area contributed by atoms with Gasteiger partial charge in [-0.25, -0.2) is 14.8 Å². The monoisotopic (exact) mass is 435 g/mol. The first-order valence-electron chi connectivity index (χ1n) is 11.1. The minimum Gasteiger partial charge on any atom is -0.377 e. The van der Waals surface area contributed by atoms with Gasteiger partial charge in [0.2, 0.25) is 0 Å². The van der Waals surface area contributed by atoms with Gasteiger partial charge in [-0.3, -0.25) is 0 Å². The fourth-order valence-corrected chi connectivity index (χ4v) is 4.19. The van der Waals surface area contributed by atoms with E-state index in [2.05, 4.69) is 33.8 Å². The number of rotatable bonds is 5. The molecule has 0 bridgehead atoms. The highest BCUT2D eigenvalue weighted by molar-refractivity contribution is 5.89. The van der Waals surface area contributed by atoms with Crippen LogP contribution in [0.1, 0.15) is 37.6 Å². The van der Waals surface area contributed by atoms with Crippen LogP contribution in [0.4, 0.5) is 16.3 Å². The van der Waals surface area contributed by atoms with Crippen LogP contribution in [0.25, 0.3) is 11.4 Å². The van der Waals surface area contributed by atoms with E-state index < -0.39 is 0 Å². The molecule has 2 aliphatic rings. The molecule has 2 atom stereocenters. The second-order valence-electron chi connectivity index (χ2n) is 8.03. The highest BCUT2D eigenvalue weighted by atomic mass is 16.5. The maximum Gasteiger partial charge on any atom is 0.319 e. The maximum absolute atomic E-state index is 11.8. The molecule has 9 heteroatoms. The second-order valence-corrected chi connectivity index (χ2v) is 8.03. The number of fused-ring (bicyclic) bond motifs is 1. The largest absolute Gasteiger partial charge is 0.377 e. The molecule has 0 aliphatic carbocycles. The fraction of sp³-hybridized carbons (Fsp3) is 0.478. The molecule has 0 spiro atoms. The predicted molar refractivity (Wildman–Crippen MR) is 122 cm³/mol. The Bertz CT molecular complexity index is 1000. The summed E-state index contributed by atoms with van der Waals surface area (Å²) in [6.07, 6.45) is 1.18. The molecule has 3 N–H and O–H groups in total. The van der Waals surface area contributed by atoms with Crippen LogP contribution >= 0.6 is 0 Å². The zero-order valence-corrected chi connectivity index (χ0v) is 18.5. The quantitative estimate of drug-likeness (QED) is 0.661. The van der Waals surface area contributed by atoms with Crippen molar-refractivity contribution in [1.82, 2.24) is 20.6 Å². The lowest BCUT2D eigenvalue weighted by molar-refractivity contribution is 0.0984. The number of nitriles is 1. The van der Waals surface area contributed by atoms with E-state index in [0.29, 0.717) is 37.7 Å². The lowest BCUT2D eigenvalue weighted by Gasteiger charge is -2.37. The van der Waals surface area contributed by atoms with Crippen molar-refractivity contribution in [3.8, 4) is 17.5 Å². The summed E-state index contributed by atoms with van der Waals surface area (Å²) in [5.74, 6) is 1.56. The Balaban J connectivity index is 1.72. The number of ether oxygens (including phenoxy) is 1. The number of hydrogen-bond acceptors (Lipinski definition) is 7. The summed E-state index contributed by atoms with van der Waals surface area (Å²) in [6.45, 7) is 7.48. The van der Waals surface area contributed by atoms with E-state index in [-0.39, 0.29) is 18.1 Å². The van der Waals surface area contributed by atoms with Gasteiger partial charge in [-0.05, 0) is 44.5 Å². The smallest absolute Gasteiger partial charge is 0.319 e. The highest BCUT2D eigenvalue weighted by Crippen LogP contribution is 2.34. The van der Waals surface area contributed by atoms with E-state index in [1.54, 1.807) is 0 Å². The van der Waals surface area contributed by atoms with Crippen LogP contribution in [-0.4, -0.2) is 54.9 Å². The van der Waals surface area contributed by atoms with Crippen LogP contribution in [0.15, 0.2) is 24.3 Å². The van der Waals surface area contributed by atoms with E-state index in [0.717, 1.165) is 42.1 Å². The molecule has 1 saturated heterocycles. The average molecular weight is 436 g/mol. The topological polar surface area (TPSA) is 115 Å². The number of nitrogens with one attached hydrogen (secondary N) is 3. The lowest BCUT2D eigenvalue weighted by Crippen LogP contribution is -2.45. The fourth-order valence-electron chi connectivity index (χ4n) is 4.19. The molecule has 2 aromatic rings. The summed E-state index contributed by atoms with van der Waals surface area (Å²) in [4.78, 5) is 24.0. The number of hydrogen-bond donors (Lipinski definition) is 3. The summed E-state index contributed by atoms with van der Waals surface area (Å²) >= 11 is 0. The Hall–Kier alpha value is -3.22. The molecule has 2 amide bonds. The van der Waals surface area contributed by atoms with Gasteiger partial charge >= 0.3 is 6.03 Å². The van der Waals surface area contributed by atoms with Gasteiger partial charge in [0.15, 0.2) is 5.82 Å². The highest BCUT2D eigenvalue weighted by Gasteiger charge is 2.30. The zero-order valence-electron chi connectivity index (χ0n) is 18.5. The van der Waals surface area contributed by atoms with Crippen molar-refractivity contribution in [2.24, 2.45) is 0 Å². The number of anilines is 2. The molecular weight excluding hydrogens is 406 g/mol. The standard InChI is InChI=1S/C23H29N7O2/c1-3-25-23(31)27-17-6-4-16(5-7-17)21-28-20-18(9-11-26-19(20)8-10-24)22(29-21)30-12-13-32-14-15(30)2/h4-7,15,19,26H,3,8-9,11-14H2,1-2H3,(H2,25,27,31)/t15-,19?/m0/s1. The first-order valence-corrected chi connectivity index (χ1v) is 11.1. The molecule has 3 heterocycles. The van der Waals surface area contributed by atoms with Crippen LogP contribution in [0.3, 0.4) is 0 Å². The molecule has 168 valence electrons. The molecule has 0 radical (unpaired) electrons. The molecule has 4 rings (SSSR count). The maximum atomic E-state index is 11.8. The number of urea groups is 1. The van der Waals surface area contributed by atoms with Crippen molar-refractivity contribution in [1.29, 1.82) is 5.26 Å². The molecule has 9 nitrogen and oxygen atoms in total. The molecular formula is C23H29N7O2. The third-order valence-electron chi connectivity index (χ3n) is 5.79. The molecule has 0 saturated carbocycles. The number of nitrogens with zero attached hydrogens (tertiary/aromatic N) is 4. The Labute approximate surface area is 188 Å². The van der Waals surface area contributed by atoms with Crippen LogP contribution < -0.4 is 20.9 Å². The lowest BCUT2D eigenvalue weighted by atomic mass is 9.97. The van der Waals surface area contributed by atoms with Crippen LogP contribution in [0, 0.1) is 11.3 Å². The van der Waals surface area contributed by atoms with Crippen LogP contribution in [0.2, 0.25) is 0 Å². The third kappa shape index (κ3) is 4.66. The predicted octanol–water partition coefficient (Wildman–Crippen LogP) is 2.61. The van der Waals surface area contributed by atoms with Gasteiger partial charge < -0.3 is 25.6 Å². The number of benzene rings is 1. The number of carbonyl (C=O) groups is 1. The summed E-state index contributed by atoms with van der Waals surface area (Å²) in [5, 5.41) is 18.3. The van der Waals surface area contributed by atoms with Crippen LogP contribution in [0.5, 0.6) is 0 Å². The van der Waals surface area contributed by atoms with Gasteiger partial charge in [0.05, 0.1) is 43.5 Å². The van der Waals surface area contributed by atoms with E-state index in [1.807, 2.05) is 31.2 Å². The normalized spacial score (nSPS) is 20.2. The zero-order chi connectivity index (χ0) is 22.5. The van der Waals surface area contributed by atoms with E-state index in [4.69, 9.17) is 14.7 Å². The Morgan fingerprint density at radius 2 is 2.16 bits per heavy atom. The van der Waals surface area contributed by atoms with Gasteiger partial charge in [-0.15, -0.1) is 0 Å². The molecule has 1 aromatic heterocycles. The van der Waals surface area contributed by atoms with E-state index in [9.17, 15) is 10.1 Å². The minimum absolute atomic E-state index is 0.112. The number of amides is 2. The van der Waals surface area contributed by atoms with Crippen molar-refractivity contribution >= 4 is 17.5 Å². The van der Waals surface area contributed by atoms with Crippen molar-refractivity contribution in [3.63, 3.8) is 0 Å². The van der Waals surface area contributed by atoms with Crippen molar-refractivity contribution in [3.05, 3.63) is 35.5 Å². The van der Waals surface area contributed by atoms with Gasteiger partial charge in [-0.2, -0.15) is 5.26 Å².